The lowest BCUT2D eigenvalue weighted by atomic mass is 10.0. The number of hydrogen-bond acceptors (Lipinski definition) is 7. The van der Waals surface area contributed by atoms with Crippen LogP contribution < -0.4 is 30.7 Å². The van der Waals surface area contributed by atoms with Crippen molar-refractivity contribution >= 4 is 40.9 Å². The topological polar surface area (TPSA) is 123 Å². The summed E-state index contributed by atoms with van der Waals surface area (Å²) in [5, 5.41) is 5.43. The van der Waals surface area contributed by atoms with Crippen molar-refractivity contribution in [2.45, 2.75) is 56.7 Å². The lowest BCUT2D eigenvalue weighted by Gasteiger charge is -2.25. The molecule has 4 aromatic rings. The van der Waals surface area contributed by atoms with Gasteiger partial charge in [-0.05, 0) is 84.0 Å². The molecule has 2 atom stereocenters. The van der Waals surface area contributed by atoms with Gasteiger partial charge in [-0.1, -0.05) is 62.4 Å². The number of nitrogens with one attached hydrogen (secondary N) is 2. The van der Waals surface area contributed by atoms with Gasteiger partial charge in [0.2, 0.25) is 17.7 Å². The number of rotatable bonds is 15. The highest BCUT2D eigenvalue weighted by Gasteiger charge is 2.43. The Hall–Kier alpha value is -4.96. The lowest BCUT2D eigenvalue weighted by molar-refractivity contribution is -0.124. The molecule has 5 rings (SSSR count). The van der Waals surface area contributed by atoms with E-state index >= 15 is 0 Å². The summed E-state index contributed by atoms with van der Waals surface area (Å²) in [6.45, 7) is 7.89. The molecule has 0 radical (unpaired) electrons. The fraction of sp³-hybridized carbons (Fsp3) is 0.308. The highest BCUT2D eigenvalue weighted by atomic mass is 32.2. The lowest BCUT2D eigenvalue weighted by Crippen LogP contribution is -2.34. The van der Waals surface area contributed by atoms with Crippen molar-refractivity contribution in [1.82, 2.24) is 5.32 Å². The summed E-state index contributed by atoms with van der Waals surface area (Å²) in [5.74, 6) is 0.820. The number of ether oxygens (including phenoxy) is 2. The Morgan fingerprint density at radius 1 is 0.939 bits per heavy atom. The van der Waals surface area contributed by atoms with Crippen LogP contribution in [0, 0.1) is 0 Å². The number of carbonyl (C=O) groups is 3. The molecule has 4 aromatic carbocycles. The maximum atomic E-state index is 13.9. The maximum Gasteiger partial charge on any atom is 0.248 e. The van der Waals surface area contributed by atoms with Crippen LogP contribution in [-0.2, 0) is 22.6 Å². The molecule has 1 saturated heterocycles. The third-order valence-electron chi connectivity index (χ3n) is 8.42. The minimum Gasteiger partial charge on any atom is -0.493 e. The van der Waals surface area contributed by atoms with Gasteiger partial charge in [0.1, 0.15) is 5.37 Å². The second kappa shape index (κ2) is 16.4. The Kier molecular flexibility index (Phi) is 11.9. The van der Waals surface area contributed by atoms with Crippen LogP contribution in [-0.4, -0.2) is 43.2 Å². The van der Waals surface area contributed by atoms with E-state index in [-0.39, 0.29) is 18.2 Å². The molecule has 0 spiro atoms. The van der Waals surface area contributed by atoms with Crippen molar-refractivity contribution in [1.29, 1.82) is 0 Å². The summed E-state index contributed by atoms with van der Waals surface area (Å²) in [6.07, 6.45) is 0.619. The van der Waals surface area contributed by atoms with Crippen molar-refractivity contribution in [2.24, 2.45) is 5.73 Å². The number of nitrogens with two attached hydrogens (primary N) is 1. The predicted octanol–water partition coefficient (Wildman–Crippen LogP) is 6.82. The fourth-order valence-electron chi connectivity index (χ4n) is 5.70. The van der Waals surface area contributed by atoms with Gasteiger partial charge in [0.05, 0.1) is 19.0 Å². The van der Waals surface area contributed by atoms with E-state index in [0.717, 1.165) is 16.8 Å². The van der Waals surface area contributed by atoms with Crippen molar-refractivity contribution < 1.29 is 23.9 Å². The van der Waals surface area contributed by atoms with Gasteiger partial charge in [-0.2, -0.15) is 0 Å². The number of primary amides is 1. The number of benzene rings is 4. The zero-order valence-corrected chi connectivity index (χ0v) is 29.2. The summed E-state index contributed by atoms with van der Waals surface area (Å²) in [7, 11) is 1.60. The molecule has 10 heteroatoms. The SMILES string of the molecule is CCOc1cc(CCNC(=O)CC2SC(c3ccc(NCc4ccc(C(C)C)cc4)cc3)N(c3cccc(C(N)=O)c3)C2=O)ccc1OC. The van der Waals surface area contributed by atoms with Crippen LogP contribution in [0.1, 0.15) is 71.1 Å². The molecule has 0 saturated carbocycles. The van der Waals surface area contributed by atoms with Gasteiger partial charge >= 0.3 is 0 Å². The van der Waals surface area contributed by atoms with Crippen LogP contribution in [0.25, 0.3) is 0 Å². The minimum atomic E-state index is -0.612. The number of carbonyl (C=O) groups excluding carboxylic acids is 3. The molecule has 0 aromatic heterocycles. The number of hydrogen-bond donors (Lipinski definition) is 3. The van der Waals surface area contributed by atoms with Crippen LogP contribution in [0.4, 0.5) is 11.4 Å². The van der Waals surface area contributed by atoms with Crippen LogP contribution in [0.2, 0.25) is 0 Å². The molecule has 9 nitrogen and oxygen atoms in total. The van der Waals surface area contributed by atoms with Gasteiger partial charge in [0, 0.05) is 36.4 Å². The molecular weight excluding hydrogens is 637 g/mol. The van der Waals surface area contributed by atoms with Crippen molar-refractivity contribution in [3.8, 4) is 11.5 Å². The van der Waals surface area contributed by atoms with Crippen LogP contribution in [0.15, 0.2) is 91.0 Å². The predicted molar refractivity (Wildman–Crippen MR) is 196 cm³/mol. The first-order chi connectivity index (χ1) is 23.7. The first-order valence-corrected chi connectivity index (χ1v) is 17.5. The normalized spacial score (nSPS) is 15.7. The average molecular weight is 681 g/mol. The van der Waals surface area contributed by atoms with Crippen molar-refractivity contribution in [3.63, 3.8) is 0 Å². The van der Waals surface area contributed by atoms with Crippen LogP contribution in [0.3, 0.4) is 0 Å². The maximum absolute atomic E-state index is 13.9. The molecule has 4 N–H and O–H groups in total. The number of anilines is 2. The molecule has 1 aliphatic rings. The van der Waals surface area contributed by atoms with Crippen molar-refractivity contribution in [3.05, 3.63) is 119 Å². The highest BCUT2D eigenvalue weighted by Crippen LogP contribution is 2.47. The Bertz CT molecular complexity index is 1760. The van der Waals surface area contributed by atoms with Gasteiger partial charge in [0.15, 0.2) is 11.5 Å². The largest absolute Gasteiger partial charge is 0.493 e. The molecule has 1 aliphatic heterocycles. The van der Waals surface area contributed by atoms with Crippen molar-refractivity contribution in [2.75, 3.05) is 30.5 Å². The third kappa shape index (κ3) is 8.94. The summed E-state index contributed by atoms with van der Waals surface area (Å²) < 4.78 is 11.0. The Morgan fingerprint density at radius 3 is 2.35 bits per heavy atom. The van der Waals surface area contributed by atoms with Gasteiger partial charge in [-0.15, -0.1) is 11.8 Å². The molecule has 0 bridgehead atoms. The Labute approximate surface area is 292 Å². The van der Waals surface area contributed by atoms with E-state index in [0.29, 0.717) is 54.8 Å². The zero-order chi connectivity index (χ0) is 34.9. The van der Waals surface area contributed by atoms with Crippen LogP contribution in [0.5, 0.6) is 11.5 Å². The Morgan fingerprint density at radius 2 is 1.67 bits per heavy atom. The molecule has 256 valence electrons. The number of thioether (sulfide) groups is 1. The molecular formula is C39H44N4O5S. The summed E-state index contributed by atoms with van der Waals surface area (Å²) in [6, 6.07) is 29.0. The van der Waals surface area contributed by atoms with E-state index in [1.165, 1.54) is 22.9 Å². The van der Waals surface area contributed by atoms with E-state index in [1.54, 1.807) is 36.3 Å². The highest BCUT2D eigenvalue weighted by molar-refractivity contribution is 8.01. The monoisotopic (exact) mass is 680 g/mol. The molecule has 1 fully saturated rings. The molecule has 3 amide bonds. The van der Waals surface area contributed by atoms with Gasteiger partial charge in [-0.3, -0.25) is 19.3 Å². The summed E-state index contributed by atoms with van der Waals surface area (Å²) in [5.41, 5.74) is 11.8. The number of methoxy groups -OCH3 is 1. The van der Waals surface area contributed by atoms with Gasteiger partial charge < -0.3 is 25.8 Å². The molecule has 49 heavy (non-hydrogen) atoms. The van der Waals surface area contributed by atoms with E-state index in [1.807, 2.05) is 49.4 Å². The quantitative estimate of drug-likeness (QED) is 0.126. The summed E-state index contributed by atoms with van der Waals surface area (Å²) in [4.78, 5) is 40.7. The smallest absolute Gasteiger partial charge is 0.248 e. The molecule has 2 unspecified atom stereocenters. The molecule has 1 heterocycles. The number of amides is 3. The standard InChI is InChI=1S/C39H44N4O5S/c1-5-48-34-21-26(11-18-33(34)47-4)19-20-41-36(44)23-35-38(46)43(32-8-6-7-30(22-32)37(40)45)39(49-35)29-14-16-31(17-15-29)42-24-27-9-12-28(13-10-27)25(2)3/h6-18,21-22,25,35,39,42H,5,19-20,23-24H2,1-4H3,(H2,40,45)(H,41,44). The average Bonchev–Trinajstić information content (AvgIpc) is 3.43. The number of nitrogens with zero attached hydrogens (tertiary/aromatic N) is 1. The van der Waals surface area contributed by atoms with Gasteiger partial charge in [0.25, 0.3) is 0 Å². The third-order valence-corrected chi connectivity index (χ3v) is 9.86. The van der Waals surface area contributed by atoms with Crippen LogP contribution >= 0.6 is 11.8 Å². The van der Waals surface area contributed by atoms with E-state index in [9.17, 15) is 14.4 Å². The second-order valence-electron chi connectivity index (χ2n) is 12.2. The molecule has 0 aliphatic carbocycles. The first kappa shape index (κ1) is 35.3. The van der Waals surface area contributed by atoms with E-state index < -0.39 is 16.5 Å². The van der Waals surface area contributed by atoms with Gasteiger partial charge in [-0.25, -0.2) is 0 Å². The van der Waals surface area contributed by atoms with E-state index in [2.05, 4.69) is 48.7 Å². The Balaban J connectivity index is 1.26. The summed E-state index contributed by atoms with van der Waals surface area (Å²) >= 11 is 1.43. The zero-order valence-electron chi connectivity index (χ0n) is 28.4. The van der Waals surface area contributed by atoms with E-state index in [4.69, 9.17) is 15.2 Å². The fourth-order valence-corrected chi connectivity index (χ4v) is 7.15. The second-order valence-corrected chi connectivity index (χ2v) is 13.5. The first-order valence-electron chi connectivity index (χ1n) is 16.5. The minimum absolute atomic E-state index is 0.0219.